The first-order valence-corrected chi connectivity index (χ1v) is 13.9. The summed E-state index contributed by atoms with van der Waals surface area (Å²) in [7, 11) is 3.21. The second-order valence-corrected chi connectivity index (χ2v) is 11.5. The molecule has 0 bridgehead atoms. The molecule has 3 heterocycles. The molecule has 2 aromatic rings. The quantitative estimate of drug-likeness (QED) is 0.378. The molecule has 1 aliphatic heterocycles. The average molecular weight is 517 g/mol. The predicted molar refractivity (Wildman–Crippen MR) is 137 cm³/mol. The number of rotatable bonds is 8. The summed E-state index contributed by atoms with van der Waals surface area (Å²) in [5, 5.41) is 10.4. The molecule has 186 valence electrons. The number of pyridine rings is 1. The number of halogens is 1. The zero-order valence-electron chi connectivity index (χ0n) is 20.4. The number of hydrogen-bond donors (Lipinski definition) is 0. The summed E-state index contributed by atoms with van der Waals surface area (Å²) in [6, 6.07) is 1.82. The van der Waals surface area contributed by atoms with Crippen molar-refractivity contribution in [1.82, 2.24) is 29.2 Å². The SMILES string of the molecule is [B]C(C(=C)Oc1nc(C)c(Cl)cc1CN1CCN(S(C)(=O)=O)CC1)=c1nnn(CC2CC2)c1=CC. The van der Waals surface area contributed by atoms with Crippen molar-refractivity contribution in [2.75, 3.05) is 32.4 Å². The number of aryl methyl sites for hydroxylation is 1. The molecule has 0 amide bonds. The third-order valence-electron chi connectivity index (χ3n) is 6.34. The summed E-state index contributed by atoms with van der Waals surface area (Å²) in [5.41, 5.74) is 1.68. The Hall–Kier alpha value is -2.21. The Bertz CT molecular complexity index is 1350. The van der Waals surface area contributed by atoms with E-state index in [0.29, 0.717) is 66.1 Å². The van der Waals surface area contributed by atoms with E-state index in [2.05, 4.69) is 26.8 Å². The number of sulfonamides is 1. The van der Waals surface area contributed by atoms with Gasteiger partial charge in [-0.25, -0.2) is 18.1 Å². The van der Waals surface area contributed by atoms with Gasteiger partial charge in [-0.2, -0.15) is 4.31 Å². The summed E-state index contributed by atoms with van der Waals surface area (Å²) in [6.07, 6.45) is 5.59. The molecule has 0 N–H and O–H groups in total. The Morgan fingerprint density at radius 3 is 2.60 bits per heavy atom. The molecule has 0 spiro atoms. The smallest absolute Gasteiger partial charge is 0.224 e. The minimum atomic E-state index is -3.20. The largest absolute Gasteiger partial charge is 0.440 e. The Balaban J connectivity index is 1.55. The fourth-order valence-corrected chi connectivity index (χ4v) is 5.04. The molecule has 4 rings (SSSR count). The maximum absolute atomic E-state index is 11.8. The first kappa shape index (κ1) is 25.9. The van der Waals surface area contributed by atoms with E-state index in [9.17, 15) is 8.42 Å². The molecule has 1 saturated heterocycles. The van der Waals surface area contributed by atoms with Crippen LogP contribution >= 0.6 is 11.6 Å². The molecule has 2 fully saturated rings. The molecule has 0 aromatic carbocycles. The van der Waals surface area contributed by atoms with Crippen molar-refractivity contribution in [1.29, 1.82) is 0 Å². The zero-order valence-corrected chi connectivity index (χ0v) is 21.9. The molecule has 2 radical (unpaired) electrons. The van der Waals surface area contributed by atoms with Crippen molar-refractivity contribution in [3.8, 4) is 5.88 Å². The minimum Gasteiger partial charge on any atom is -0.440 e. The molecular weight excluding hydrogens is 487 g/mol. The van der Waals surface area contributed by atoms with Gasteiger partial charge in [-0.3, -0.25) is 4.90 Å². The van der Waals surface area contributed by atoms with Crippen LogP contribution in [0.5, 0.6) is 5.88 Å². The second-order valence-electron chi connectivity index (χ2n) is 9.13. The third kappa shape index (κ3) is 6.14. The Labute approximate surface area is 212 Å². The van der Waals surface area contributed by atoms with Crippen molar-refractivity contribution >= 4 is 41.0 Å². The topological polar surface area (TPSA) is 93.4 Å². The molecule has 1 aliphatic carbocycles. The Morgan fingerprint density at radius 1 is 1.31 bits per heavy atom. The number of piperazine rings is 1. The molecule has 2 aliphatic rings. The van der Waals surface area contributed by atoms with Crippen LogP contribution in [0.1, 0.15) is 31.0 Å². The monoisotopic (exact) mass is 516 g/mol. The van der Waals surface area contributed by atoms with E-state index >= 15 is 0 Å². The average Bonchev–Trinajstić information content (AvgIpc) is 3.53. The van der Waals surface area contributed by atoms with Gasteiger partial charge in [0.15, 0.2) is 0 Å². The normalized spacial score (nSPS) is 19.1. The highest BCUT2D eigenvalue weighted by Crippen LogP contribution is 2.30. The van der Waals surface area contributed by atoms with E-state index in [1.165, 1.54) is 23.4 Å². The van der Waals surface area contributed by atoms with Gasteiger partial charge in [0, 0.05) is 44.8 Å². The predicted octanol–water partition coefficient (Wildman–Crippen LogP) is 0.792. The van der Waals surface area contributed by atoms with Gasteiger partial charge >= 0.3 is 0 Å². The highest BCUT2D eigenvalue weighted by Gasteiger charge is 2.25. The van der Waals surface area contributed by atoms with Gasteiger partial charge in [-0.05, 0) is 44.1 Å². The molecule has 12 heteroatoms. The van der Waals surface area contributed by atoms with Gasteiger partial charge in [0.2, 0.25) is 15.9 Å². The van der Waals surface area contributed by atoms with Crippen LogP contribution in [0, 0.1) is 12.8 Å². The molecular formula is C23H30BClN6O3S. The van der Waals surface area contributed by atoms with Crippen molar-refractivity contribution in [2.24, 2.45) is 5.92 Å². The van der Waals surface area contributed by atoms with E-state index in [0.717, 1.165) is 17.5 Å². The number of hydrogen-bond acceptors (Lipinski definition) is 7. The van der Waals surface area contributed by atoms with Crippen molar-refractivity contribution < 1.29 is 13.2 Å². The van der Waals surface area contributed by atoms with Gasteiger partial charge in [0.25, 0.3) is 0 Å². The van der Waals surface area contributed by atoms with E-state index in [1.54, 1.807) is 6.92 Å². The molecule has 35 heavy (non-hydrogen) atoms. The zero-order chi connectivity index (χ0) is 25.3. The molecule has 0 atom stereocenters. The first-order valence-electron chi connectivity index (χ1n) is 11.6. The number of nitrogens with zero attached hydrogens (tertiary/aromatic N) is 6. The summed E-state index contributed by atoms with van der Waals surface area (Å²) in [5.74, 6) is 1.23. The highest BCUT2D eigenvalue weighted by atomic mass is 35.5. The standard InChI is InChI=1S/C23H30BClN6O3S/c1-5-20-22(27-28-31(20)13-17-6-7-17)21(24)16(3)34-23-18(12-19(25)15(2)26-23)14-29-8-10-30(11-9-29)35(4,32)33/h5,12,17H,3,6-11,13-14H2,1-2,4H3. The lowest BCUT2D eigenvalue weighted by Crippen LogP contribution is -2.47. The second kappa shape index (κ2) is 10.4. The van der Waals surface area contributed by atoms with Gasteiger partial charge in [-0.1, -0.05) is 29.5 Å². The van der Waals surface area contributed by atoms with Crippen molar-refractivity contribution in [2.45, 2.75) is 39.8 Å². The van der Waals surface area contributed by atoms with Crippen LogP contribution in [0.15, 0.2) is 18.4 Å². The van der Waals surface area contributed by atoms with Crippen LogP contribution in [-0.4, -0.2) is 77.9 Å². The van der Waals surface area contributed by atoms with Gasteiger partial charge in [0.1, 0.15) is 19.0 Å². The van der Waals surface area contributed by atoms with Crippen LogP contribution in [0.2, 0.25) is 5.02 Å². The van der Waals surface area contributed by atoms with E-state index in [-0.39, 0.29) is 5.76 Å². The van der Waals surface area contributed by atoms with E-state index in [4.69, 9.17) is 24.2 Å². The summed E-state index contributed by atoms with van der Waals surface area (Å²) >= 11 is 6.37. The fraction of sp³-hybridized carbons (Fsp3) is 0.522. The van der Waals surface area contributed by atoms with Gasteiger partial charge in [0.05, 0.1) is 22.3 Å². The number of ether oxygens (including phenoxy) is 1. The number of allylic oxidation sites excluding steroid dienone is 1. The van der Waals surface area contributed by atoms with Gasteiger partial charge in [-0.15, -0.1) is 5.10 Å². The summed E-state index contributed by atoms with van der Waals surface area (Å²) < 4.78 is 33.1. The third-order valence-corrected chi connectivity index (χ3v) is 8.02. The Kier molecular flexibility index (Phi) is 7.70. The highest BCUT2D eigenvalue weighted by molar-refractivity contribution is 7.88. The molecule has 1 saturated carbocycles. The minimum absolute atomic E-state index is 0.226. The molecule has 9 nitrogen and oxygen atoms in total. The number of aromatic nitrogens is 4. The lowest BCUT2D eigenvalue weighted by atomic mass is 9.93. The van der Waals surface area contributed by atoms with Crippen molar-refractivity contribution in [3.05, 3.63) is 45.4 Å². The van der Waals surface area contributed by atoms with Gasteiger partial charge < -0.3 is 4.74 Å². The summed E-state index contributed by atoms with van der Waals surface area (Å²) in [6.45, 7) is 11.1. The fourth-order valence-electron chi connectivity index (χ4n) is 4.04. The lowest BCUT2D eigenvalue weighted by Gasteiger charge is -2.33. The van der Waals surface area contributed by atoms with Crippen LogP contribution in [0.3, 0.4) is 0 Å². The maximum Gasteiger partial charge on any atom is 0.224 e. The Morgan fingerprint density at radius 2 is 2.00 bits per heavy atom. The van der Waals surface area contributed by atoms with Crippen LogP contribution < -0.4 is 15.4 Å². The van der Waals surface area contributed by atoms with E-state index in [1.807, 2.05) is 23.7 Å². The van der Waals surface area contributed by atoms with Crippen LogP contribution in [-0.2, 0) is 23.1 Å². The molecule has 0 unspecified atom stereocenters. The molecule has 2 aromatic heterocycles. The lowest BCUT2D eigenvalue weighted by molar-refractivity contribution is 0.180. The summed E-state index contributed by atoms with van der Waals surface area (Å²) in [4.78, 5) is 6.68. The van der Waals surface area contributed by atoms with Crippen molar-refractivity contribution in [3.63, 3.8) is 0 Å². The van der Waals surface area contributed by atoms with E-state index < -0.39 is 10.0 Å². The first-order chi connectivity index (χ1) is 16.6. The van der Waals surface area contributed by atoms with Crippen LogP contribution in [0.4, 0.5) is 0 Å². The van der Waals surface area contributed by atoms with Crippen LogP contribution in [0.25, 0.3) is 11.5 Å². The maximum atomic E-state index is 11.8.